The van der Waals surface area contributed by atoms with Crippen LogP contribution in [0.2, 0.25) is 0 Å². The number of para-hydroxylation sites is 1. The lowest BCUT2D eigenvalue weighted by Gasteiger charge is -2.38. The average Bonchev–Trinajstić information content (AvgIpc) is 3.46. The molecular formula is C27H31N3O4S. The fourth-order valence-electron chi connectivity index (χ4n) is 6.23. The van der Waals surface area contributed by atoms with E-state index < -0.39 is 22.6 Å². The van der Waals surface area contributed by atoms with Crippen LogP contribution in [-0.4, -0.2) is 56.9 Å². The molecule has 8 heteroatoms. The maximum atomic E-state index is 13.9. The molecule has 3 heterocycles. The van der Waals surface area contributed by atoms with Crippen LogP contribution in [0.25, 0.3) is 0 Å². The Hall–Kier alpha value is -2.84. The fraction of sp³-hybridized carbons (Fsp3) is 0.444. The Balaban J connectivity index is 1.44. The number of carbonyl (C=O) groups excluding carboxylic acids is 3. The molecule has 3 saturated heterocycles. The predicted molar refractivity (Wildman–Crippen MR) is 135 cm³/mol. The summed E-state index contributed by atoms with van der Waals surface area (Å²) in [6.45, 7) is 2.70. The number of benzene rings is 2. The molecule has 0 aromatic heterocycles. The third-order valence-electron chi connectivity index (χ3n) is 7.70. The summed E-state index contributed by atoms with van der Waals surface area (Å²) in [5, 5.41) is 15.5. The lowest BCUT2D eigenvalue weighted by atomic mass is 9.66. The zero-order valence-electron chi connectivity index (χ0n) is 19.7. The van der Waals surface area contributed by atoms with Gasteiger partial charge in [-0.1, -0.05) is 55.5 Å². The Morgan fingerprint density at radius 1 is 1.09 bits per heavy atom. The monoisotopic (exact) mass is 493 g/mol. The van der Waals surface area contributed by atoms with E-state index in [0.717, 1.165) is 12.0 Å². The van der Waals surface area contributed by atoms with Gasteiger partial charge >= 0.3 is 0 Å². The lowest BCUT2D eigenvalue weighted by Crippen LogP contribution is -2.56. The number of carbonyl (C=O) groups is 3. The summed E-state index contributed by atoms with van der Waals surface area (Å²) in [6, 6.07) is 18.3. The first-order chi connectivity index (χ1) is 17.0. The highest BCUT2D eigenvalue weighted by atomic mass is 32.2. The van der Waals surface area contributed by atoms with Gasteiger partial charge in [0.05, 0.1) is 16.6 Å². The summed E-state index contributed by atoms with van der Waals surface area (Å²) in [6.07, 6.45) is 1.18. The fourth-order valence-corrected chi connectivity index (χ4v) is 8.65. The predicted octanol–water partition coefficient (Wildman–Crippen LogP) is 2.66. The highest BCUT2D eigenvalue weighted by Crippen LogP contribution is 2.68. The van der Waals surface area contributed by atoms with Gasteiger partial charge in [-0.3, -0.25) is 14.4 Å². The number of nitrogens with zero attached hydrogens (tertiary/aromatic N) is 1. The third kappa shape index (κ3) is 4.02. The Kier molecular flexibility index (Phi) is 6.59. The van der Waals surface area contributed by atoms with Crippen molar-refractivity contribution in [1.82, 2.24) is 10.2 Å². The van der Waals surface area contributed by atoms with Gasteiger partial charge in [-0.2, -0.15) is 0 Å². The van der Waals surface area contributed by atoms with E-state index >= 15 is 0 Å². The number of hydrogen-bond donors (Lipinski definition) is 3. The van der Waals surface area contributed by atoms with Gasteiger partial charge < -0.3 is 20.6 Å². The second-order valence-corrected chi connectivity index (χ2v) is 11.3. The first-order valence-electron chi connectivity index (χ1n) is 12.2. The minimum absolute atomic E-state index is 0.00734. The van der Waals surface area contributed by atoms with Crippen LogP contribution in [0.15, 0.2) is 60.7 Å². The first-order valence-corrected chi connectivity index (χ1v) is 13.1. The van der Waals surface area contributed by atoms with Crippen molar-refractivity contribution < 1.29 is 19.5 Å². The van der Waals surface area contributed by atoms with Crippen molar-refractivity contribution in [2.45, 2.75) is 42.3 Å². The molecule has 5 rings (SSSR count). The van der Waals surface area contributed by atoms with E-state index in [1.165, 1.54) is 0 Å². The van der Waals surface area contributed by atoms with Crippen LogP contribution in [0.4, 0.5) is 5.69 Å². The van der Waals surface area contributed by atoms with Gasteiger partial charge in [0.25, 0.3) is 0 Å². The van der Waals surface area contributed by atoms with Crippen molar-refractivity contribution in [2.24, 2.45) is 17.8 Å². The van der Waals surface area contributed by atoms with Gasteiger partial charge in [0, 0.05) is 30.6 Å². The van der Waals surface area contributed by atoms with E-state index in [1.54, 1.807) is 16.7 Å². The normalized spacial score (nSPS) is 30.9. The maximum Gasteiger partial charge on any atom is 0.244 e. The second-order valence-electron chi connectivity index (χ2n) is 9.72. The minimum atomic E-state index is -0.671. The van der Waals surface area contributed by atoms with E-state index in [-0.39, 0.29) is 35.5 Å². The molecule has 35 heavy (non-hydrogen) atoms. The van der Waals surface area contributed by atoms with Crippen molar-refractivity contribution in [3.8, 4) is 0 Å². The van der Waals surface area contributed by atoms with Crippen LogP contribution in [0, 0.1) is 17.8 Å². The number of fused-ring (bicyclic) bond motifs is 1. The number of likely N-dealkylation sites (tertiary alicyclic amines) is 1. The standard InChI is InChI=1S/C27H31N3O4S/c1-17-15-20-21(24(32)29-19-11-6-3-7-12-19)22-26(34)30(13-8-14-31)23(27(17,22)35-20)25(33)28-16-18-9-4-2-5-10-18/h2-7,9-12,17,20-23,31H,8,13-16H2,1H3,(H,28,33)(H,29,32)/t17?,20-,21+,22+,23?,27?/m1/s1. The van der Waals surface area contributed by atoms with Gasteiger partial charge in [-0.05, 0) is 36.5 Å². The molecule has 2 aromatic rings. The zero-order chi connectivity index (χ0) is 24.6. The van der Waals surface area contributed by atoms with Crippen LogP contribution in [0.5, 0.6) is 0 Å². The Morgan fingerprint density at radius 3 is 2.46 bits per heavy atom. The van der Waals surface area contributed by atoms with Gasteiger partial charge in [0.15, 0.2) is 0 Å². The van der Waals surface area contributed by atoms with Gasteiger partial charge in [0.2, 0.25) is 17.7 Å². The van der Waals surface area contributed by atoms with Crippen molar-refractivity contribution >= 4 is 35.2 Å². The summed E-state index contributed by atoms with van der Waals surface area (Å²) < 4.78 is -0.656. The molecule has 0 aliphatic carbocycles. The molecule has 0 radical (unpaired) electrons. The van der Waals surface area contributed by atoms with Crippen molar-refractivity contribution in [3.05, 3.63) is 66.2 Å². The first kappa shape index (κ1) is 23.9. The molecule has 1 spiro atoms. The topological polar surface area (TPSA) is 98.7 Å². The van der Waals surface area contributed by atoms with E-state index in [0.29, 0.717) is 25.2 Å². The molecule has 3 fully saturated rings. The second kappa shape index (κ2) is 9.66. The highest BCUT2D eigenvalue weighted by Gasteiger charge is 2.75. The molecule has 2 aromatic carbocycles. The van der Waals surface area contributed by atoms with E-state index in [2.05, 4.69) is 17.6 Å². The number of amides is 3. The smallest absolute Gasteiger partial charge is 0.244 e. The number of thioether (sulfide) groups is 1. The zero-order valence-corrected chi connectivity index (χ0v) is 20.5. The summed E-state index contributed by atoms with van der Waals surface area (Å²) in [5.74, 6) is -1.43. The highest BCUT2D eigenvalue weighted by molar-refractivity contribution is 8.02. The number of nitrogens with one attached hydrogen (secondary N) is 2. The third-order valence-corrected chi connectivity index (χ3v) is 9.78. The molecule has 0 saturated carbocycles. The van der Waals surface area contributed by atoms with Crippen LogP contribution in [-0.2, 0) is 20.9 Å². The van der Waals surface area contributed by atoms with E-state index in [1.807, 2.05) is 60.7 Å². The Bertz CT molecular complexity index is 1100. The average molecular weight is 494 g/mol. The van der Waals surface area contributed by atoms with Crippen LogP contribution >= 0.6 is 11.8 Å². The lowest BCUT2D eigenvalue weighted by molar-refractivity contribution is -0.139. The Labute approximate surface area is 209 Å². The van der Waals surface area contributed by atoms with Gasteiger partial charge in [-0.15, -0.1) is 11.8 Å². The summed E-state index contributed by atoms with van der Waals surface area (Å²) in [7, 11) is 0. The summed E-state index contributed by atoms with van der Waals surface area (Å²) in [4.78, 5) is 42.6. The molecule has 3 aliphatic heterocycles. The number of rotatable bonds is 8. The number of hydrogen-bond acceptors (Lipinski definition) is 5. The van der Waals surface area contributed by atoms with Crippen LogP contribution in [0.1, 0.15) is 25.3 Å². The minimum Gasteiger partial charge on any atom is -0.396 e. The number of anilines is 1. The molecule has 2 bridgehead atoms. The molecule has 3 unspecified atom stereocenters. The van der Waals surface area contributed by atoms with Crippen molar-refractivity contribution in [3.63, 3.8) is 0 Å². The number of aliphatic hydroxyl groups excluding tert-OH is 1. The number of aliphatic hydroxyl groups is 1. The van der Waals surface area contributed by atoms with E-state index in [9.17, 15) is 19.5 Å². The van der Waals surface area contributed by atoms with Crippen molar-refractivity contribution in [2.75, 3.05) is 18.5 Å². The molecule has 3 aliphatic rings. The van der Waals surface area contributed by atoms with Crippen LogP contribution in [0.3, 0.4) is 0 Å². The summed E-state index contributed by atoms with van der Waals surface area (Å²) >= 11 is 1.66. The molecule has 3 amide bonds. The van der Waals surface area contributed by atoms with E-state index in [4.69, 9.17) is 0 Å². The van der Waals surface area contributed by atoms with Gasteiger partial charge in [0.1, 0.15) is 6.04 Å². The molecule has 7 nitrogen and oxygen atoms in total. The van der Waals surface area contributed by atoms with Gasteiger partial charge in [-0.25, -0.2) is 0 Å². The van der Waals surface area contributed by atoms with Crippen molar-refractivity contribution in [1.29, 1.82) is 0 Å². The molecule has 184 valence electrons. The largest absolute Gasteiger partial charge is 0.396 e. The SMILES string of the molecule is CC1C[C@H]2SC13C(C(=O)NCc1ccccc1)N(CCCO)C(=O)[C@@H]3[C@H]2C(=O)Nc1ccccc1. The maximum absolute atomic E-state index is 13.9. The molecule has 6 atom stereocenters. The van der Waals surface area contributed by atoms with Crippen LogP contribution < -0.4 is 10.6 Å². The quantitative estimate of drug-likeness (QED) is 0.525. The molecule has 3 N–H and O–H groups in total. The summed E-state index contributed by atoms with van der Waals surface area (Å²) in [5.41, 5.74) is 1.68. The molecular weight excluding hydrogens is 462 g/mol. The Morgan fingerprint density at radius 2 is 1.77 bits per heavy atom.